The van der Waals surface area contributed by atoms with Gasteiger partial charge < -0.3 is 9.47 Å². The van der Waals surface area contributed by atoms with Gasteiger partial charge in [-0.3, -0.25) is 4.90 Å². The first-order valence-corrected chi connectivity index (χ1v) is 8.54. The minimum Gasteiger partial charge on any atom is -0.445 e. The van der Waals surface area contributed by atoms with Crippen molar-refractivity contribution in [2.45, 2.75) is 51.3 Å². The Hall–Kier alpha value is -1.81. The van der Waals surface area contributed by atoms with Gasteiger partial charge in [0.15, 0.2) is 0 Å². The highest BCUT2D eigenvalue weighted by Crippen LogP contribution is 2.36. The van der Waals surface area contributed by atoms with Crippen LogP contribution in [0.3, 0.4) is 0 Å². The first-order valence-electron chi connectivity index (χ1n) is 8.54. The molecule has 0 aromatic heterocycles. The lowest BCUT2D eigenvalue weighted by Crippen LogP contribution is -2.43. The molecular weight excluding hydrogens is 290 g/mol. The number of carbonyl (C=O) groups excluding carboxylic acids is 1. The van der Waals surface area contributed by atoms with Crippen LogP contribution in [-0.4, -0.2) is 36.3 Å². The number of nitrogens with zero attached hydrogens (tertiary/aromatic N) is 1. The molecule has 124 valence electrons. The fraction of sp³-hybridized carbons (Fsp3) is 0.526. The summed E-state index contributed by atoms with van der Waals surface area (Å²) in [6.07, 6.45) is 6.13. The van der Waals surface area contributed by atoms with E-state index < -0.39 is 0 Å². The number of amides is 1. The third-order valence-electron chi connectivity index (χ3n) is 4.66. The van der Waals surface area contributed by atoms with E-state index in [1.807, 2.05) is 42.2 Å². The molecule has 0 radical (unpaired) electrons. The molecule has 2 unspecified atom stereocenters. The third-order valence-corrected chi connectivity index (χ3v) is 4.66. The van der Waals surface area contributed by atoms with Gasteiger partial charge in [-0.25, -0.2) is 4.79 Å². The Morgan fingerprint density at radius 2 is 2.09 bits per heavy atom. The van der Waals surface area contributed by atoms with E-state index in [0.717, 1.165) is 44.5 Å². The lowest BCUT2D eigenvalue weighted by molar-refractivity contribution is 0.0808. The molecule has 2 bridgehead atoms. The largest absolute Gasteiger partial charge is 0.445 e. The summed E-state index contributed by atoms with van der Waals surface area (Å²) in [7, 11) is 0. The molecule has 1 aromatic rings. The maximum Gasteiger partial charge on any atom is 0.410 e. The van der Waals surface area contributed by atoms with E-state index >= 15 is 0 Å². The van der Waals surface area contributed by atoms with Crippen LogP contribution in [-0.2, 0) is 16.1 Å². The van der Waals surface area contributed by atoms with E-state index in [-0.39, 0.29) is 12.1 Å². The van der Waals surface area contributed by atoms with Crippen LogP contribution in [0.1, 0.15) is 38.2 Å². The van der Waals surface area contributed by atoms with Crippen LogP contribution < -0.4 is 0 Å². The van der Waals surface area contributed by atoms with Crippen LogP contribution in [0, 0.1) is 0 Å². The van der Waals surface area contributed by atoms with E-state index in [9.17, 15) is 4.79 Å². The minimum absolute atomic E-state index is 0.179. The molecule has 23 heavy (non-hydrogen) atoms. The van der Waals surface area contributed by atoms with Gasteiger partial charge in [-0.15, -0.1) is 0 Å². The van der Waals surface area contributed by atoms with Crippen molar-refractivity contribution in [1.82, 2.24) is 4.90 Å². The second-order valence-electron chi connectivity index (χ2n) is 6.22. The summed E-state index contributed by atoms with van der Waals surface area (Å²) in [6, 6.07) is 10.3. The molecule has 2 aliphatic heterocycles. The predicted octanol–water partition coefficient (Wildman–Crippen LogP) is 3.91. The summed E-state index contributed by atoms with van der Waals surface area (Å²) in [5.74, 6) is 0. The third kappa shape index (κ3) is 3.94. The second-order valence-corrected chi connectivity index (χ2v) is 6.22. The summed E-state index contributed by atoms with van der Waals surface area (Å²) in [6.45, 7) is 3.90. The van der Waals surface area contributed by atoms with Gasteiger partial charge in [-0.1, -0.05) is 42.0 Å². The zero-order valence-corrected chi connectivity index (χ0v) is 13.7. The summed E-state index contributed by atoms with van der Waals surface area (Å²) in [5.41, 5.74) is 2.45. The summed E-state index contributed by atoms with van der Waals surface area (Å²) >= 11 is 0. The Kier molecular flexibility index (Phi) is 5.34. The lowest BCUT2D eigenvalue weighted by Gasteiger charge is -2.33. The average Bonchev–Trinajstić information content (AvgIpc) is 2.85. The standard InChI is InChI=1S/C19H25NO3/c1-2-22-11-10-16-12-17-8-9-18(13-16)20(17)19(21)23-14-15-6-4-3-5-7-15/h3-7,12,17-18H,2,8-11,13-14H2,1H3. The molecule has 1 saturated heterocycles. The van der Waals surface area contributed by atoms with Gasteiger partial charge in [0, 0.05) is 12.6 Å². The van der Waals surface area contributed by atoms with Crippen LogP contribution in [0.5, 0.6) is 0 Å². The predicted molar refractivity (Wildman–Crippen MR) is 89.1 cm³/mol. The maximum atomic E-state index is 12.4. The van der Waals surface area contributed by atoms with E-state index in [0.29, 0.717) is 12.6 Å². The Balaban J connectivity index is 1.55. The average molecular weight is 315 g/mol. The van der Waals surface area contributed by atoms with Crippen LogP contribution >= 0.6 is 0 Å². The zero-order chi connectivity index (χ0) is 16.1. The van der Waals surface area contributed by atoms with Crippen molar-refractivity contribution in [3.8, 4) is 0 Å². The van der Waals surface area contributed by atoms with Gasteiger partial charge in [0.2, 0.25) is 0 Å². The molecule has 1 aromatic carbocycles. The van der Waals surface area contributed by atoms with Gasteiger partial charge >= 0.3 is 6.09 Å². The number of ether oxygens (including phenoxy) is 2. The monoisotopic (exact) mass is 315 g/mol. The Morgan fingerprint density at radius 3 is 2.83 bits per heavy atom. The van der Waals surface area contributed by atoms with Crippen LogP contribution in [0.25, 0.3) is 0 Å². The molecule has 0 N–H and O–H groups in total. The van der Waals surface area contributed by atoms with Gasteiger partial charge in [0.05, 0.1) is 12.6 Å². The molecule has 0 aliphatic carbocycles. The van der Waals surface area contributed by atoms with Gasteiger partial charge in [0.1, 0.15) is 6.61 Å². The van der Waals surface area contributed by atoms with E-state index in [1.165, 1.54) is 5.57 Å². The van der Waals surface area contributed by atoms with Crippen molar-refractivity contribution in [3.63, 3.8) is 0 Å². The molecule has 0 spiro atoms. The Morgan fingerprint density at radius 1 is 1.26 bits per heavy atom. The summed E-state index contributed by atoms with van der Waals surface area (Å²) in [5, 5.41) is 0. The molecule has 3 rings (SSSR count). The zero-order valence-electron chi connectivity index (χ0n) is 13.7. The van der Waals surface area contributed by atoms with Crippen molar-refractivity contribution in [2.24, 2.45) is 0 Å². The van der Waals surface area contributed by atoms with E-state index in [1.54, 1.807) is 0 Å². The number of benzene rings is 1. The Bertz CT molecular complexity index is 555. The quantitative estimate of drug-likeness (QED) is 0.590. The fourth-order valence-electron chi connectivity index (χ4n) is 3.53. The maximum absolute atomic E-state index is 12.4. The molecule has 2 heterocycles. The van der Waals surface area contributed by atoms with Crippen LogP contribution in [0.4, 0.5) is 4.79 Å². The van der Waals surface area contributed by atoms with Crippen LogP contribution in [0.15, 0.2) is 42.0 Å². The molecule has 0 saturated carbocycles. The van der Waals surface area contributed by atoms with Crippen molar-refractivity contribution in [1.29, 1.82) is 0 Å². The number of rotatable bonds is 6. The molecule has 1 fully saturated rings. The van der Waals surface area contributed by atoms with Crippen molar-refractivity contribution >= 4 is 6.09 Å². The number of hydrogen-bond donors (Lipinski definition) is 0. The van der Waals surface area contributed by atoms with Gasteiger partial charge in [-0.05, 0) is 38.2 Å². The van der Waals surface area contributed by atoms with Gasteiger partial charge in [0.25, 0.3) is 0 Å². The highest BCUT2D eigenvalue weighted by atomic mass is 16.6. The number of fused-ring (bicyclic) bond motifs is 2. The number of hydrogen-bond acceptors (Lipinski definition) is 3. The minimum atomic E-state index is -0.179. The highest BCUT2D eigenvalue weighted by molar-refractivity contribution is 5.70. The Labute approximate surface area is 138 Å². The molecule has 2 aliphatic rings. The van der Waals surface area contributed by atoms with Crippen molar-refractivity contribution in [3.05, 3.63) is 47.5 Å². The lowest BCUT2D eigenvalue weighted by atomic mass is 9.99. The summed E-state index contributed by atoms with van der Waals surface area (Å²) < 4.78 is 11.0. The van der Waals surface area contributed by atoms with Crippen molar-refractivity contribution < 1.29 is 14.3 Å². The first kappa shape index (κ1) is 16.1. The molecule has 2 atom stereocenters. The normalized spacial score (nSPS) is 22.8. The highest BCUT2D eigenvalue weighted by Gasteiger charge is 2.40. The molecule has 4 nitrogen and oxygen atoms in total. The molecular formula is C19H25NO3. The first-order chi connectivity index (χ1) is 11.3. The van der Waals surface area contributed by atoms with Crippen LogP contribution in [0.2, 0.25) is 0 Å². The molecule has 4 heteroatoms. The van der Waals surface area contributed by atoms with Gasteiger partial charge in [-0.2, -0.15) is 0 Å². The topological polar surface area (TPSA) is 38.8 Å². The summed E-state index contributed by atoms with van der Waals surface area (Å²) in [4.78, 5) is 14.4. The number of carbonyl (C=O) groups is 1. The van der Waals surface area contributed by atoms with Crippen molar-refractivity contribution in [2.75, 3.05) is 13.2 Å². The van der Waals surface area contributed by atoms with E-state index in [2.05, 4.69) is 6.08 Å². The molecule has 1 amide bonds. The SMILES string of the molecule is CCOCCC1=CC2CCC(C1)N2C(=O)OCc1ccccc1. The second kappa shape index (κ2) is 7.64. The smallest absolute Gasteiger partial charge is 0.410 e. The fourth-order valence-corrected chi connectivity index (χ4v) is 3.53. The van der Waals surface area contributed by atoms with E-state index in [4.69, 9.17) is 9.47 Å².